The summed E-state index contributed by atoms with van der Waals surface area (Å²) in [5.41, 5.74) is -0.703. The highest BCUT2D eigenvalue weighted by Crippen LogP contribution is 2.25. The molecular formula is C13H13F2NO2. The minimum Gasteiger partial charge on any atom is -0.478 e. The molecule has 0 aliphatic carbocycles. The van der Waals surface area contributed by atoms with Crippen LogP contribution in [0.1, 0.15) is 10.4 Å². The second-order valence-corrected chi connectivity index (χ2v) is 3.58. The topological polar surface area (TPSA) is 40.5 Å². The Bertz CT molecular complexity index is 453. The normalized spacial score (nSPS) is 9.89. The molecule has 0 aromatic heterocycles. The number of carbonyl (C=O) groups is 1. The molecule has 1 aromatic rings. The summed E-state index contributed by atoms with van der Waals surface area (Å²) in [4.78, 5) is 12.0. The van der Waals surface area contributed by atoms with Gasteiger partial charge in [0.1, 0.15) is 17.3 Å². The van der Waals surface area contributed by atoms with Crippen LogP contribution < -0.4 is 4.90 Å². The summed E-state index contributed by atoms with van der Waals surface area (Å²) in [6.45, 7) is 7.45. The summed E-state index contributed by atoms with van der Waals surface area (Å²) < 4.78 is 27.5. The quantitative estimate of drug-likeness (QED) is 0.792. The molecule has 0 bridgehead atoms. The Morgan fingerprint density at radius 1 is 1.22 bits per heavy atom. The number of hydrogen-bond donors (Lipinski definition) is 1. The highest BCUT2D eigenvalue weighted by atomic mass is 19.1. The second-order valence-electron chi connectivity index (χ2n) is 3.58. The molecular weight excluding hydrogens is 240 g/mol. The maximum atomic E-state index is 13.8. The van der Waals surface area contributed by atoms with E-state index in [-0.39, 0.29) is 18.8 Å². The Labute approximate surface area is 104 Å². The summed E-state index contributed by atoms with van der Waals surface area (Å²) in [5, 5.41) is 8.69. The lowest BCUT2D eigenvalue weighted by Crippen LogP contribution is -2.25. The van der Waals surface area contributed by atoms with Gasteiger partial charge >= 0.3 is 5.97 Å². The van der Waals surface area contributed by atoms with E-state index >= 15 is 0 Å². The van der Waals surface area contributed by atoms with Gasteiger partial charge in [0, 0.05) is 13.1 Å². The molecule has 5 heteroatoms. The predicted octanol–water partition coefficient (Wildman–Crippen LogP) is 2.84. The number of carboxylic acids is 1. The van der Waals surface area contributed by atoms with Crippen molar-refractivity contribution in [2.45, 2.75) is 0 Å². The first kappa shape index (κ1) is 13.9. The fourth-order valence-corrected chi connectivity index (χ4v) is 1.56. The molecule has 0 radical (unpaired) electrons. The van der Waals surface area contributed by atoms with Crippen LogP contribution in [0.2, 0.25) is 0 Å². The Morgan fingerprint density at radius 3 is 2.00 bits per heavy atom. The van der Waals surface area contributed by atoms with E-state index in [2.05, 4.69) is 13.2 Å². The molecule has 0 saturated carbocycles. The molecule has 1 aromatic carbocycles. The number of benzene rings is 1. The molecule has 0 atom stereocenters. The lowest BCUT2D eigenvalue weighted by Gasteiger charge is -2.22. The van der Waals surface area contributed by atoms with E-state index in [1.807, 2.05) is 0 Å². The van der Waals surface area contributed by atoms with Crippen LogP contribution in [0.5, 0.6) is 0 Å². The maximum Gasteiger partial charge on any atom is 0.335 e. The van der Waals surface area contributed by atoms with Gasteiger partial charge in [-0.05, 0) is 12.1 Å². The summed E-state index contributed by atoms with van der Waals surface area (Å²) >= 11 is 0. The average molecular weight is 253 g/mol. The van der Waals surface area contributed by atoms with E-state index in [1.54, 1.807) is 0 Å². The van der Waals surface area contributed by atoms with Gasteiger partial charge < -0.3 is 10.0 Å². The van der Waals surface area contributed by atoms with Gasteiger partial charge in [-0.25, -0.2) is 13.6 Å². The van der Waals surface area contributed by atoms with Crippen molar-refractivity contribution in [2.24, 2.45) is 0 Å². The Hall–Kier alpha value is -2.17. The van der Waals surface area contributed by atoms with Gasteiger partial charge in [-0.1, -0.05) is 12.2 Å². The van der Waals surface area contributed by atoms with Gasteiger partial charge in [0.2, 0.25) is 0 Å². The Kier molecular flexibility index (Phi) is 4.59. The molecule has 0 saturated heterocycles. The molecule has 1 N–H and O–H groups in total. The van der Waals surface area contributed by atoms with Crippen LogP contribution in [0.25, 0.3) is 0 Å². The first-order chi connectivity index (χ1) is 8.51. The lowest BCUT2D eigenvalue weighted by atomic mass is 10.1. The first-order valence-electron chi connectivity index (χ1n) is 5.20. The van der Waals surface area contributed by atoms with Gasteiger partial charge in [-0.15, -0.1) is 13.2 Å². The van der Waals surface area contributed by atoms with Crippen LogP contribution >= 0.6 is 0 Å². The minimum atomic E-state index is -1.38. The van der Waals surface area contributed by atoms with Crippen LogP contribution in [-0.2, 0) is 0 Å². The first-order valence-corrected chi connectivity index (χ1v) is 5.20. The van der Waals surface area contributed by atoms with E-state index in [9.17, 15) is 13.6 Å². The summed E-state index contributed by atoms with van der Waals surface area (Å²) in [7, 11) is 0. The monoisotopic (exact) mass is 253 g/mol. The Balaban J connectivity index is 3.26. The van der Waals surface area contributed by atoms with Crippen LogP contribution in [0.15, 0.2) is 37.4 Å². The van der Waals surface area contributed by atoms with Crippen molar-refractivity contribution in [2.75, 3.05) is 18.0 Å². The van der Waals surface area contributed by atoms with E-state index in [4.69, 9.17) is 5.11 Å². The molecule has 1 rings (SSSR count). The van der Waals surface area contributed by atoms with Gasteiger partial charge in [0.15, 0.2) is 0 Å². The van der Waals surface area contributed by atoms with Gasteiger partial charge in [0.05, 0.1) is 5.56 Å². The third-order valence-corrected chi connectivity index (χ3v) is 2.28. The molecule has 18 heavy (non-hydrogen) atoms. The number of rotatable bonds is 6. The zero-order valence-corrected chi connectivity index (χ0v) is 9.70. The number of nitrogens with zero attached hydrogens (tertiary/aromatic N) is 1. The standard InChI is InChI=1S/C13H13F2NO2/c1-3-5-16(6-4-2)12-10(14)7-9(13(17)18)8-11(12)15/h3-4,7-8H,1-2,5-6H2,(H,17,18). The van der Waals surface area contributed by atoms with E-state index in [1.165, 1.54) is 17.1 Å². The minimum absolute atomic E-state index is 0.228. The SMILES string of the molecule is C=CCN(CC=C)c1c(F)cc(C(=O)O)cc1F. The molecule has 0 aliphatic heterocycles. The van der Waals surface area contributed by atoms with Crippen molar-refractivity contribution in [3.63, 3.8) is 0 Å². The predicted molar refractivity (Wildman–Crippen MR) is 65.9 cm³/mol. The van der Waals surface area contributed by atoms with Crippen molar-refractivity contribution in [3.8, 4) is 0 Å². The van der Waals surface area contributed by atoms with Crippen LogP contribution in [0.4, 0.5) is 14.5 Å². The highest BCUT2D eigenvalue weighted by molar-refractivity contribution is 5.88. The molecule has 0 spiro atoms. The third kappa shape index (κ3) is 2.94. The molecule has 3 nitrogen and oxygen atoms in total. The second kappa shape index (κ2) is 5.95. The van der Waals surface area contributed by atoms with Crippen molar-refractivity contribution in [3.05, 3.63) is 54.6 Å². The van der Waals surface area contributed by atoms with Crippen LogP contribution in [0, 0.1) is 11.6 Å². The van der Waals surface area contributed by atoms with Gasteiger partial charge in [-0.2, -0.15) is 0 Å². The van der Waals surface area contributed by atoms with Crippen molar-refractivity contribution in [1.82, 2.24) is 0 Å². The fraction of sp³-hybridized carbons (Fsp3) is 0.154. The van der Waals surface area contributed by atoms with Gasteiger partial charge in [0.25, 0.3) is 0 Å². The molecule has 0 heterocycles. The average Bonchev–Trinajstić information content (AvgIpc) is 2.28. The van der Waals surface area contributed by atoms with E-state index in [0.29, 0.717) is 0 Å². The van der Waals surface area contributed by atoms with Crippen molar-refractivity contribution >= 4 is 11.7 Å². The number of aromatic carboxylic acids is 1. The lowest BCUT2D eigenvalue weighted by molar-refractivity contribution is 0.0696. The van der Waals surface area contributed by atoms with E-state index < -0.39 is 23.2 Å². The fourth-order valence-electron chi connectivity index (χ4n) is 1.56. The summed E-state index contributed by atoms with van der Waals surface area (Å²) in [5.74, 6) is -3.22. The zero-order valence-electron chi connectivity index (χ0n) is 9.70. The highest BCUT2D eigenvalue weighted by Gasteiger charge is 2.18. The summed E-state index contributed by atoms with van der Waals surface area (Å²) in [6, 6.07) is 1.58. The maximum absolute atomic E-state index is 13.8. The van der Waals surface area contributed by atoms with Crippen LogP contribution in [-0.4, -0.2) is 24.2 Å². The smallest absolute Gasteiger partial charge is 0.335 e. The molecule has 0 unspecified atom stereocenters. The Morgan fingerprint density at radius 2 is 1.67 bits per heavy atom. The van der Waals surface area contributed by atoms with E-state index in [0.717, 1.165) is 12.1 Å². The summed E-state index contributed by atoms with van der Waals surface area (Å²) in [6.07, 6.45) is 2.99. The zero-order chi connectivity index (χ0) is 13.7. The number of halogens is 2. The van der Waals surface area contributed by atoms with Crippen molar-refractivity contribution < 1.29 is 18.7 Å². The molecule has 0 fully saturated rings. The third-order valence-electron chi connectivity index (χ3n) is 2.28. The number of anilines is 1. The van der Waals surface area contributed by atoms with Gasteiger partial charge in [-0.3, -0.25) is 0 Å². The van der Waals surface area contributed by atoms with Crippen LogP contribution in [0.3, 0.4) is 0 Å². The number of carboxylic acid groups (broad SMARTS) is 1. The molecule has 0 amide bonds. The largest absolute Gasteiger partial charge is 0.478 e. The molecule has 0 aliphatic rings. The van der Waals surface area contributed by atoms with Crippen molar-refractivity contribution in [1.29, 1.82) is 0 Å². The number of hydrogen-bond acceptors (Lipinski definition) is 2. The molecule has 96 valence electrons.